The maximum atomic E-state index is 3.70. The van der Waals surface area contributed by atoms with E-state index in [0.717, 1.165) is 0 Å². The minimum atomic E-state index is 0.348. The Morgan fingerprint density at radius 2 is 1.19 bits per heavy atom. The van der Waals surface area contributed by atoms with Gasteiger partial charge in [0.25, 0.3) is 0 Å². The molecule has 0 saturated heterocycles. The Labute approximate surface area is 145 Å². The molecule has 4 rings (SSSR count). The average molecular weight is 420 g/mol. The molecule has 3 heteroatoms. The summed E-state index contributed by atoms with van der Waals surface area (Å²) in [7, 11) is 0. The number of rotatable bonds is 2. The van der Waals surface area contributed by atoms with Crippen LogP contribution in [-0.4, -0.2) is 0 Å². The number of hydrogen-bond donors (Lipinski definition) is 0. The zero-order valence-electron chi connectivity index (χ0n) is 11.1. The minimum Gasteiger partial charge on any atom is -0.0888 e. The Kier molecular flexibility index (Phi) is 3.60. The number of benzene rings is 2. The van der Waals surface area contributed by atoms with Crippen molar-refractivity contribution in [3.63, 3.8) is 0 Å². The van der Waals surface area contributed by atoms with E-state index >= 15 is 0 Å². The van der Waals surface area contributed by atoms with E-state index in [0.29, 0.717) is 9.65 Å². The van der Waals surface area contributed by atoms with E-state index in [1.54, 1.807) is 0 Å². The number of allylic oxidation sites excluding steroid dienone is 2. The van der Waals surface area contributed by atoms with Gasteiger partial charge in [0.05, 0.1) is 9.65 Å². The monoisotopic (exact) mass is 418 g/mol. The lowest BCUT2D eigenvalue weighted by molar-refractivity contribution is 1.23. The molecule has 2 atom stereocenters. The van der Waals surface area contributed by atoms with Gasteiger partial charge in [-0.15, -0.1) is 0 Å². The number of fused-ring (bicyclic) bond motifs is 2. The lowest BCUT2D eigenvalue weighted by atomic mass is 10.1. The maximum absolute atomic E-state index is 3.70. The maximum Gasteiger partial charge on any atom is 0.0584 e. The Morgan fingerprint density at radius 3 is 1.67 bits per heavy atom. The van der Waals surface area contributed by atoms with Crippen molar-refractivity contribution in [2.24, 2.45) is 0 Å². The molecule has 0 fully saturated rings. The van der Waals surface area contributed by atoms with Crippen molar-refractivity contribution in [3.8, 4) is 0 Å². The van der Waals surface area contributed by atoms with E-state index in [1.165, 1.54) is 32.0 Å². The van der Waals surface area contributed by atoms with Gasteiger partial charge in [0, 0.05) is 9.79 Å². The van der Waals surface area contributed by atoms with Gasteiger partial charge in [-0.1, -0.05) is 92.2 Å². The molecule has 2 aliphatic carbocycles. The third-order valence-electron chi connectivity index (χ3n) is 3.88. The van der Waals surface area contributed by atoms with Gasteiger partial charge < -0.3 is 0 Å². The summed E-state index contributed by atoms with van der Waals surface area (Å²) in [5.41, 5.74) is 5.42. The number of hydrogen-bond acceptors (Lipinski definition) is 1. The normalized spacial score (nSPS) is 21.6. The molecule has 0 amide bonds. The zero-order valence-corrected chi connectivity index (χ0v) is 15.1. The first kappa shape index (κ1) is 13.9. The van der Waals surface area contributed by atoms with Crippen molar-refractivity contribution in [2.75, 3.05) is 0 Å². The summed E-state index contributed by atoms with van der Waals surface area (Å²) in [5.74, 6) is 0. The summed E-state index contributed by atoms with van der Waals surface area (Å²) in [6.07, 6.45) is 8.86. The number of halogens is 2. The molecule has 21 heavy (non-hydrogen) atoms. The molecule has 0 radical (unpaired) electrons. The predicted molar refractivity (Wildman–Crippen MR) is 98.4 cm³/mol. The molecular weight excluding hydrogens is 408 g/mol. The van der Waals surface area contributed by atoms with Crippen molar-refractivity contribution in [2.45, 2.75) is 19.4 Å². The highest BCUT2D eigenvalue weighted by atomic mass is 79.9. The molecule has 0 aromatic heterocycles. The van der Waals surface area contributed by atoms with Gasteiger partial charge in [-0.25, -0.2) is 0 Å². The lowest BCUT2D eigenvalue weighted by Crippen LogP contribution is -1.89. The van der Waals surface area contributed by atoms with Gasteiger partial charge >= 0.3 is 0 Å². The first-order valence-corrected chi connectivity index (χ1v) is 9.47. The van der Waals surface area contributed by atoms with Crippen molar-refractivity contribution in [3.05, 3.63) is 70.8 Å². The van der Waals surface area contributed by atoms with Crippen LogP contribution in [0.1, 0.15) is 31.9 Å². The molecular formula is C18H12Br2S. The van der Waals surface area contributed by atoms with E-state index in [4.69, 9.17) is 0 Å². The van der Waals surface area contributed by atoms with E-state index in [2.05, 4.69) is 92.6 Å². The molecule has 0 spiro atoms. The van der Waals surface area contributed by atoms with Crippen LogP contribution in [0.3, 0.4) is 0 Å². The summed E-state index contributed by atoms with van der Waals surface area (Å²) in [5, 5.41) is 0. The molecule has 2 unspecified atom stereocenters. The SMILES string of the molecule is BrC1C=Cc2c(Sc3cccc4c3C=CC4Br)cccc21. The quantitative estimate of drug-likeness (QED) is 0.484. The van der Waals surface area contributed by atoms with Gasteiger partial charge in [0.1, 0.15) is 0 Å². The van der Waals surface area contributed by atoms with Crippen molar-refractivity contribution >= 4 is 55.8 Å². The van der Waals surface area contributed by atoms with Crippen LogP contribution in [0, 0.1) is 0 Å². The molecule has 0 heterocycles. The van der Waals surface area contributed by atoms with Crippen LogP contribution < -0.4 is 0 Å². The summed E-state index contributed by atoms with van der Waals surface area (Å²) in [6, 6.07) is 13.1. The highest BCUT2D eigenvalue weighted by Gasteiger charge is 2.20. The number of alkyl halides is 2. The second kappa shape index (κ2) is 5.45. The van der Waals surface area contributed by atoms with Gasteiger partial charge in [-0.05, 0) is 34.4 Å². The summed E-state index contributed by atoms with van der Waals surface area (Å²) in [4.78, 5) is 3.35. The standard InChI is InChI=1S/C18H12Br2S/c19-15-9-7-13-11(15)3-1-5-17(13)21-18-6-2-4-12-14(18)8-10-16(12)20/h1-10,15-16H. The minimum absolute atomic E-state index is 0.348. The van der Waals surface area contributed by atoms with Crippen LogP contribution in [0.5, 0.6) is 0 Å². The second-order valence-corrected chi connectivity index (χ2v) is 8.20. The fourth-order valence-electron chi connectivity index (χ4n) is 2.82. The topological polar surface area (TPSA) is 0 Å². The predicted octanol–water partition coefficient (Wildman–Crippen LogP) is 6.76. The van der Waals surface area contributed by atoms with Crippen LogP contribution in [0.15, 0.2) is 58.3 Å². The van der Waals surface area contributed by atoms with E-state index in [9.17, 15) is 0 Å². The van der Waals surface area contributed by atoms with E-state index < -0.39 is 0 Å². The Balaban J connectivity index is 1.76. The smallest absolute Gasteiger partial charge is 0.0584 e. The molecule has 0 nitrogen and oxygen atoms in total. The molecule has 0 aliphatic heterocycles. The summed E-state index contributed by atoms with van der Waals surface area (Å²) in [6.45, 7) is 0. The van der Waals surface area contributed by atoms with Gasteiger partial charge in [0.2, 0.25) is 0 Å². The highest BCUT2D eigenvalue weighted by molar-refractivity contribution is 9.09. The largest absolute Gasteiger partial charge is 0.0888 e. The first-order chi connectivity index (χ1) is 10.2. The molecule has 2 aromatic carbocycles. The van der Waals surface area contributed by atoms with Crippen molar-refractivity contribution in [1.82, 2.24) is 0 Å². The molecule has 0 bridgehead atoms. The zero-order chi connectivity index (χ0) is 14.4. The van der Waals surface area contributed by atoms with Crippen LogP contribution in [-0.2, 0) is 0 Å². The fourth-order valence-corrected chi connectivity index (χ4v) is 5.05. The van der Waals surface area contributed by atoms with Crippen LogP contribution in [0.2, 0.25) is 0 Å². The van der Waals surface area contributed by atoms with E-state index in [-0.39, 0.29) is 0 Å². The fraction of sp³-hybridized carbons (Fsp3) is 0.111. The molecule has 104 valence electrons. The van der Waals surface area contributed by atoms with Crippen LogP contribution >= 0.6 is 43.6 Å². The Hall–Kier alpha value is -0.770. The van der Waals surface area contributed by atoms with Gasteiger partial charge in [0.15, 0.2) is 0 Å². The Bertz CT molecular complexity index is 711. The summed E-state index contributed by atoms with van der Waals surface area (Å²) >= 11 is 9.26. The van der Waals surface area contributed by atoms with Gasteiger partial charge in [-0.2, -0.15) is 0 Å². The third kappa shape index (κ3) is 2.36. The second-order valence-electron chi connectivity index (χ2n) is 5.14. The highest BCUT2D eigenvalue weighted by Crippen LogP contribution is 2.45. The molecule has 2 aromatic rings. The molecule has 0 saturated carbocycles. The van der Waals surface area contributed by atoms with Crippen molar-refractivity contribution in [1.29, 1.82) is 0 Å². The third-order valence-corrected chi connectivity index (χ3v) is 6.63. The Morgan fingerprint density at radius 1 is 0.714 bits per heavy atom. The van der Waals surface area contributed by atoms with Crippen LogP contribution in [0.25, 0.3) is 12.2 Å². The van der Waals surface area contributed by atoms with E-state index in [1.807, 2.05) is 11.8 Å². The van der Waals surface area contributed by atoms with Crippen LogP contribution in [0.4, 0.5) is 0 Å². The molecule has 2 aliphatic rings. The molecule has 0 N–H and O–H groups in total. The van der Waals surface area contributed by atoms with Crippen molar-refractivity contribution < 1.29 is 0 Å². The summed E-state index contributed by atoms with van der Waals surface area (Å²) < 4.78 is 0. The van der Waals surface area contributed by atoms with Gasteiger partial charge in [-0.3, -0.25) is 0 Å². The first-order valence-electron chi connectivity index (χ1n) is 6.82. The lowest BCUT2D eigenvalue weighted by Gasteiger charge is -2.12. The average Bonchev–Trinajstić information content (AvgIpc) is 3.06.